The Hall–Kier alpha value is -4.28. The Labute approximate surface area is 569 Å². The molecule has 0 heterocycles. The highest BCUT2D eigenvalue weighted by Gasteiger charge is 2.30. The van der Waals surface area contributed by atoms with Crippen LogP contribution in [0.1, 0.15) is 285 Å². The van der Waals surface area contributed by atoms with Crippen LogP contribution in [0, 0.1) is 0 Å². The van der Waals surface area contributed by atoms with Gasteiger partial charge in [-0.05, 0) is 141 Å². The van der Waals surface area contributed by atoms with Crippen LogP contribution in [0.15, 0.2) is 109 Å². The SMILES string of the molecule is CC/C=C\C/C=C\C/C=C\C/C=C\CCCCC(=O)OCC(COP(=O)(O)OCC(O)COP(=O)(O)OCC(COC(=O)CCCCCCC/C=C\C/C=C\CCC)OC(=O)CCCCCCC/C=C\CCCC)OC(=O)CCCCCCC/C=C\C/C=C\CCCCC. The molecule has 0 aliphatic carbocycles. The summed E-state index contributed by atoms with van der Waals surface area (Å²) < 4.78 is 68.2. The monoisotopic (exact) mass is 1360 g/mol. The minimum Gasteiger partial charge on any atom is -0.462 e. The van der Waals surface area contributed by atoms with Crippen molar-refractivity contribution < 1.29 is 80.2 Å². The van der Waals surface area contributed by atoms with Gasteiger partial charge in [0.1, 0.15) is 19.3 Å². The number of carbonyl (C=O) groups excluding carboxylic acids is 4. The van der Waals surface area contributed by atoms with Crippen molar-refractivity contribution in [2.24, 2.45) is 0 Å². The number of aliphatic hydroxyl groups excluding tert-OH is 1. The van der Waals surface area contributed by atoms with E-state index in [-0.39, 0.29) is 25.7 Å². The molecule has 17 nitrogen and oxygen atoms in total. The Morgan fingerprint density at radius 2 is 0.585 bits per heavy atom. The zero-order valence-electron chi connectivity index (χ0n) is 58.6. The van der Waals surface area contributed by atoms with Crippen molar-refractivity contribution in [1.29, 1.82) is 0 Å². The summed E-state index contributed by atoms with van der Waals surface area (Å²) >= 11 is 0. The van der Waals surface area contributed by atoms with Gasteiger partial charge >= 0.3 is 39.5 Å². The molecule has 5 unspecified atom stereocenters. The first-order chi connectivity index (χ1) is 45.7. The van der Waals surface area contributed by atoms with E-state index in [1.54, 1.807) is 0 Å². The number of aliphatic hydroxyl groups is 1. The molecule has 0 fully saturated rings. The van der Waals surface area contributed by atoms with Gasteiger partial charge in [0.2, 0.25) is 0 Å². The first-order valence-corrected chi connectivity index (χ1v) is 39.1. The molecule has 19 heteroatoms. The quantitative estimate of drug-likeness (QED) is 0.0169. The maximum absolute atomic E-state index is 13.0. The number of carbonyl (C=O) groups is 4. The van der Waals surface area contributed by atoms with Crippen molar-refractivity contribution in [1.82, 2.24) is 0 Å². The minimum atomic E-state index is -4.98. The van der Waals surface area contributed by atoms with Gasteiger partial charge in [0, 0.05) is 25.7 Å². The lowest BCUT2D eigenvalue weighted by Crippen LogP contribution is -2.30. The van der Waals surface area contributed by atoms with Gasteiger partial charge in [-0.15, -0.1) is 0 Å². The molecule has 0 saturated carbocycles. The lowest BCUT2D eigenvalue weighted by Gasteiger charge is -2.21. The summed E-state index contributed by atoms with van der Waals surface area (Å²) in [6, 6.07) is 0. The molecule has 0 rings (SSSR count). The number of rotatable bonds is 67. The maximum Gasteiger partial charge on any atom is 0.472 e. The predicted octanol–water partition coefficient (Wildman–Crippen LogP) is 20.2. The van der Waals surface area contributed by atoms with E-state index in [9.17, 15) is 43.2 Å². The van der Waals surface area contributed by atoms with Crippen molar-refractivity contribution in [3.63, 3.8) is 0 Å². The minimum absolute atomic E-state index is 0.0680. The van der Waals surface area contributed by atoms with Crippen LogP contribution in [0.25, 0.3) is 0 Å². The second-order valence-electron chi connectivity index (χ2n) is 23.8. The summed E-state index contributed by atoms with van der Waals surface area (Å²) in [7, 11) is -9.96. The highest BCUT2D eigenvalue weighted by atomic mass is 31.2. The summed E-state index contributed by atoms with van der Waals surface area (Å²) in [5, 5.41) is 10.6. The molecular weight excluding hydrogens is 1230 g/mol. The third kappa shape index (κ3) is 66.3. The van der Waals surface area contributed by atoms with Crippen molar-refractivity contribution in [3.05, 3.63) is 109 Å². The molecule has 0 aromatic carbocycles. The molecule has 5 atom stereocenters. The molecule has 540 valence electrons. The third-order valence-corrected chi connectivity index (χ3v) is 16.6. The number of phosphoric acid groups is 2. The fraction of sp³-hybridized carbons (Fsp3) is 0.707. The lowest BCUT2D eigenvalue weighted by atomic mass is 10.1. The smallest absolute Gasteiger partial charge is 0.462 e. The maximum atomic E-state index is 13.0. The second-order valence-corrected chi connectivity index (χ2v) is 26.7. The van der Waals surface area contributed by atoms with Crippen LogP contribution in [0.4, 0.5) is 0 Å². The van der Waals surface area contributed by atoms with Crippen LogP contribution in [-0.4, -0.2) is 96.7 Å². The Balaban J connectivity index is 5.39. The van der Waals surface area contributed by atoms with Crippen LogP contribution in [0.2, 0.25) is 0 Å². The molecule has 94 heavy (non-hydrogen) atoms. The topological polar surface area (TPSA) is 237 Å². The number of phosphoric ester groups is 2. The van der Waals surface area contributed by atoms with E-state index in [0.717, 1.165) is 173 Å². The van der Waals surface area contributed by atoms with Gasteiger partial charge in [0.05, 0.1) is 26.4 Å². The average Bonchev–Trinajstić information content (AvgIpc) is 1.36. The summed E-state index contributed by atoms with van der Waals surface area (Å²) in [6.45, 7) is 4.52. The molecule has 0 amide bonds. The Morgan fingerprint density at radius 1 is 0.309 bits per heavy atom. The van der Waals surface area contributed by atoms with Gasteiger partial charge in [0.25, 0.3) is 0 Å². The van der Waals surface area contributed by atoms with Gasteiger partial charge < -0.3 is 33.8 Å². The number of esters is 4. The molecule has 0 radical (unpaired) electrons. The molecular formula is C75H128O17P2. The normalized spacial score (nSPS) is 14.7. The third-order valence-electron chi connectivity index (χ3n) is 14.7. The fourth-order valence-electron chi connectivity index (χ4n) is 9.14. The van der Waals surface area contributed by atoms with Crippen molar-refractivity contribution in [3.8, 4) is 0 Å². The van der Waals surface area contributed by atoms with E-state index in [2.05, 4.69) is 137 Å². The average molecular weight is 1360 g/mol. The largest absolute Gasteiger partial charge is 0.472 e. The molecule has 0 aliphatic rings. The van der Waals surface area contributed by atoms with E-state index >= 15 is 0 Å². The molecule has 0 aromatic rings. The summed E-state index contributed by atoms with van der Waals surface area (Å²) in [5.41, 5.74) is 0. The van der Waals surface area contributed by atoms with Gasteiger partial charge in [0.15, 0.2) is 12.2 Å². The Bertz CT molecular complexity index is 2220. The molecule has 0 spiro atoms. The summed E-state index contributed by atoms with van der Waals surface area (Å²) in [5.74, 6) is -2.26. The Morgan fingerprint density at radius 3 is 0.957 bits per heavy atom. The van der Waals surface area contributed by atoms with E-state index in [0.29, 0.717) is 25.7 Å². The van der Waals surface area contributed by atoms with E-state index in [1.807, 2.05) is 0 Å². The summed E-state index contributed by atoms with van der Waals surface area (Å²) in [6.07, 6.45) is 69.6. The molecule has 0 bridgehead atoms. The number of ether oxygens (including phenoxy) is 4. The van der Waals surface area contributed by atoms with Crippen LogP contribution in [0.3, 0.4) is 0 Å². The molecule has 3 N–H and O–H groups in total. The summed E-state index contributed by atoms with van der Waals surface area (Å²) in [4.78, 5) is 72.6. The number of unbranched alkanes of at least 4 members (excludes halogenated alkanes) is 23. The zero-order chi connectivity index (χ0) is 69.0. The number of hydrogen-bond donors (Lipinski definition) is 3. The van der Waals surface area contributed by atoms with Crippen molar-refractivity contribution >= 4 is 39.5 Å². The highest BCUT2D eigenvalue weighted by Crippen LogP contribution is 2.45. The van der Waals surface area contributed by atoms with Crippen LogP contribution in [-0.2, 0) is 65.4 Å². The van der Waals surface area contributed by atoms with E-state index < -0.39 is 97.5 Å². The second kappa shape index (κ2) is 67.3. The molecule has 0 aromatic heterocycles. The van der Waals surface area contributed by atoms with Gasteiger partial charge in [-0.3, -0.25) is 37.3 Å². The van der Waals surface area contributed by atoms with Crippen LogP contribution < -0.4 is 0 Å². The van der Waals surface area contributed by atoms with Crippen molar-refractivity contribution in [2.45, 2.75) is 303 Å². The van der Waals surface area contributed by atoms with E-state index in [1.165, 1.54) is 32.1 Å². The van der Waals surface area contributed by atoms with Gasteiger partial charge in [-0.25, -0.2) is 9.13 Å². The number of allylic oxidation sites excluding steroid dienone is 18. The van der Waals surface area contributed by atoms with Gasteiger partial charge in [-0.1, -0.05) is 227 Å². The van der Waals surface area contributed by atoms with Crippen LogP contribution in [0.5, 0.6) is 0 Å². The van der Waals surface area contributed by atoms with Crippen LogP contribution >= 0.6 is 15.6 Å². The predicted molar refractivity (Wildman–Crippen MR) is 381 cm³/mol. The van der Waals surface area contributed by atoms with Crippen molar-refractivity contribution in [2.75, 3.05) is 39.6 Å². The molecule has 0 aliphatic heterocycles. The van der Waals surface area contributed by atoms with Gasteiger partial charge in [-0.2, -0.15) is 0 Å². The van der Waals surface area contributed by atoms with E-state index in [4.69, 9.17) is 37.0 Å². The fourth-order valence-corrected chi connectivity index (χ4v) is 10.7. The first-order valence-electron chi connectivity index (χ1n) is 36.1. The highest BCUT2D eigenvalue weighted by molar-refractivity contribution is 7.47. The molecule has 0 saturated heterocycles. The lowest BCUT2D eigenvalue weighted by molar-refractivity contribution is -0.161. The standard InChI is InChI=1S/C75H128O17P2/c1-5-9-13-17-21-25-29-32-34-37-41-44-48-52-56-60-73(78)86-66-71(92-75(80)62-58-54-50-46-42-38-35-33-30-26-22-18-14-10-6-2)68-90-94(83,84)88-64-69(76)63-87-93(81,82)89-67-70(91-74(79)61-57-53-49-45-39-28-24-20-16-12-8-4)65-85-72(77)59-55-51-47-43-40-36-31-27-23-19-15-11-7-3/h9,13,15,19-22,24-27,31-35,41,44,69-71,76H,5-8,10-12,14,16-18,23,28-30,36-40,42-43,45-68H2,1-4H3,(H,81,82)(H,83,84)/b13-9-,19-15-,24-20-,25-21-,26-22-,31-27-,34-32-,35-33-,44-41-. The first kappa shape index (κ1) is 89.7. The Kier molecular flexibility index (Phi) is 64.2. The number of hydrogen-bond acceptors (Lipinski definition) is 15. The zero-order valence-corrected chi connectivity index (χ0v) is 60.4.